The summed E-state index contributed by atoms with van der Waals surface area (Å²) in [7, 11) is 1.61. The minimum absolute atomic E-state index is 0.449. The van der Waals surface area contributed by atoms with Gasteiger partial charge in [-0.1, -0.05) is 25.5 Å². The van der Waals surface area contributed by atoms with E-state index in [4.69, 9.17) is 4.74 Å². The molecule has 0 saturated heterocycles. The van der Waals surface area contributed by atoms with E-state index in [1.54, 1.807) is 14.0 Å². The number of methoxy groups -OCH3 is 1. The van der Waals surface area contributed by atoms with Crippen molar-refractivity contribution in [2.75, 3.05) is 7.11 Å². The lowest BCUT2D eigenvalue weighted by Gasteiger charge is -2.28. The van der Waals surface area contributed by atoms with Gasteiger partial charge in [-0.15, -0.1) is 0 Å². The Balaban J connectivity index is 3.19. The Labute approximate surface area is 109 Å². The summed E-state index contributed by atoms with van der Waals surface area (Å²) in [5, 5.41) is 19.2. The summed E-state index contributed by atoms with van der Waals surface area (Å²) < 4.78 is 5.21. The molecule has 18 heavy (non-hydrogen) atoms. The number of ether oxygens (including phenoxy) is 1. The largest absolute Gasteiger partial charge is 0.497 e. The van der Waals surface area contributed by atoms with Gasteiger partial charge in [0, 0.05) is 0 Å². The van der Waals surface area contributed by atoms with Gasteiger partial charge in [-0.05, 0) is 37.5 Å². The summed E-state index contributed by atoms with van der Waals surface area (Å²) in [5.41, 5.74) is 0.296. The second kappa shape index (κ2) is 6.42. The topological polar surface area (TPSA) is 53.2 Å². The summed E-state index contributed by atoms with van der Waals surface area (Å²) in [6.07, 6.45) is 1.59. The molecule has 3 heteroatoms. The van der Waals surface area contributed by atoms with Crippen LogP contribution in [0.2, 0.25) is 0 Å². The average Bonchev–Trinajstić information content (AvgIpc) is 2.37. The molecule has 0 heterocycles. The van der Waals surface area contributed by atoms with E-state index in [1.165, 1.54) is 0 Å². The van der Waals surface area contributed by atoms with Crippen LogP contribution in [0.3, 0.4) is 0 Å². The molecule has 0 aliphatic heterocycles. The number of nitriles is 1. The molecule has 1 aromatic rings. The van der Waals surface area contributed by atoms with Crippen molar-refractivity contribution in [3.8, 4) is 11.8 Å². The van der Waals surface area contributed by atoms with Crippen LogP contribution < -0.4 is 4.74 Å². The highest BCUT2D eigenvalue weighted by atomic mass is 16.5. The maximum absolute atomic E-state index is 9.65. The number of hydrogen-bond donors (Lipinski definition) is 1. The molecule has 0 fully saturated rings. The van der Waals surface area contributed by atoms with E-state index in [1.807, 2.05) is 31.2 Å². The first kappa shape index (κ1) is 14.5. The molecular formula is C15H21NO2. The molecule has 0 amide bonds. The van der Waals surface area contributed by atoms with Crippen molar-refractivity contribution in [1.82, 2.24) is 0 Å². The average molecular weight is 247 g/mol. The van der Waals surface area contributed by atoms with Crippen LogP contribution in [0.15, 0.2) is 24.3 Å². The number of benzene rings is 1. The number of hydrogen-bond acceptors (Lipinski definition) is 3. The molecule has 98 valence electrons. The fraction of sp³-hybridized carbons (Fsp3) is 0.533. The lowest BCUT2D eigenvalue weighted by atomic mass is 9.74. The van der Waals surface area contributed by atoms with Crippen molar-refractivity contribution in [1.29, 1.82) is 5.26 Å². The van der Waals surface area contributed by atoms with Gasteiger partial charge in [0.05, 0.1) is 24.7 Å². The molecule has 0 aromatic heterocycles. The molecule has 1 rings (SSSR count). The van der Waals surface area contributed by atoms with Gasteiger partial charge in [0.25, 0.3) is 0 Å². The standard InChI is InChI=1S/C15H21NO2/c1-4-8-15(11-16,10-12(2)17)13-6-5-7-14(9-13)18-3/h5-7,9,12,17H,4,8,10H2,1-3H3/t12-,15+/m1/s1. The van der Waals surface area contributed by atoms with Gasteiger partial charge in [-0.2, -0.15) is 5.26 Å². The van der Waals surface area contributed by atoms with Crippen molar-refractivity contribution in [2.45, 2.75) is 44.6 Å². The molecule has 0 aliphatic rings. The van der Waals surface area contributed by atoms with Gasteiger partial charge in [0.15, 0.2) is 0 Å². The van der Waals surface area contributed by atoms with Crippen LogP contribution in [0.1, 0.15) is 38.7 Å². The summed E-state index contributed by atoms with van der Waals surface area (Å²) in [6, 6.07) is 9.97. The molecular weight excluding hydrogens is 226 g/mol. The monoisotopic (exact) mass is 247 g/mol. The molecule has 0 radical (unpaired) electrons. The van der Waals surface area contributed by atoms with Gasteiger partial charge in [-0.3, -0.25) is 0 Å². The maximum Gasteiger partial charge on any atom is 0.119 e. The van der Waals surface area contributed by atoms with Crippen molar-refractivity contribution in [2.24, 2.45) is 0 Å². The first-order chi connectivity index (χ1) is 8.57. The number of aliphatic hydroxyl groups is 1. The Kier molecular flexibility index (Phi) is 5.18. The SMILES string of the molecule is CCC[C@@](C#N)(C[C@@H](C)O)c1cccc(OC)c1. The molecule has 0 aliphatic carbocycles. The highest BCUT2D eigenvalue weighted by molar-refractivity contribution is 5.38. The van der Waals surface area contributed by atoms with E-state index < -0.39 is 11.5 Å². The third kappa shape index (κ3) is 3.24. The second-order valence-electron chi connectivity index (χ2n) is 4.73. The molecule has 0 spiro atoms. The van der Waals surface area contributed by atoms with Crippen LogP contribution in [0.5, 0.6) is 5.75 Å². The first-order valence-electron chi connectivity index (χ1n) is 6.32. The molecule has 3 nitrogen and oxygen atoms in total. The van der Waals surface area contributed by atoms with E-state index in [9.17, 15) is 10.4 Å². The highest BCUT2D eigenvalue weighted by Crippen LogP contribution is 2.35. The van der Waals surface area contributed by atoms with E-state index in [-0.39, 0.29) is 0 Å². The Hall–Kier alpha value is -1.53. The van der Waals surface area contributed by atoms with Crippen molar-refractivity contribution >= 4 is 0 Å². The van der Waals surface area contributed by atoms with E-state index in [0.717, 1.165) is 24.2 Å². The molecule has 2 atom stereocenters. The van der Waals surface area contributed by atoms with Crippen LogP contribution in [0.25, 0.3) is 0 Å². The minimum Gasteiger partial charge on any atom is -0.497 e. The maximum atomic E-state index is 9.65. The summed E-state index contributed by atoms with van der Waals surface area (Å²) in [6.45, 7) is 3.77. The Bertz CT molecular complexity index is 423. The predicted molar refractivity (Wildman–Crippen MR) is 71.5 cm³/mol. The fourth-order valence-corrected chi connectivity index (χ4v) is 2.38. The Morgan fingerprint density at radius 1 is 1.50 bits per heavy atom. The highest BCUT2D eigenvalue weighted by Gasteiger charge is 2.33. The van der Waals surface area contributed by atoms with E-state index in [0.29, 0.717) is 6.42 Å². The van der Waals surface area contributed by atoms with Crippen LogP contribution >= 0.6 is 0 Å². The van der Waals surface area contributed by atoms with Crippen LogP contribution in [0.4, 0.5) is 0 Å². The zero-order chi connectivity index (χ0) is 13.6. The second-order valence-corrected chi connectivity index (χ2v) is 4.73. The van der Waals surface area contributed by atoms with Gasteiger partial charge < -0.3 is 9.84 Å². The van der Waals surface area contributed by atoms with Gasteiger partial charge >= 0.3 is 0 Å². The normalized spacial score (nSPS) is 15.5. The lowest BCUT2D eigenvalue weighted by molar-refractivity contribution is 0.158. The predicted octanol–water partition coefficient (Wildman–Crippen LogP) is 3.03. The van der Waals surface area contributed by atoms with Crippen LogP contribution in [0, 0.1) is 11.3 Å². The fourth-order valence-electron chi connectivity index (χ4n) is 2.38. The lowest BCUT2D eigenvalue weighted by Crippen LogP contribution is -2.28. The van der Waals surface area contributed by atoms with Gasteiger partial charge in [0.2, 0.25) is 0 Å². The van der Waals surface area contributed by atoms with Crippen molar-refractivity contribution in [3.05, 3.63) is 29.8 Å². The number of rotatable bonds is 6. The van der Waals surface area contributed by atoms with Crippen LogP contribution in [-0.2, 0) is 5.41 Å². The molecule has 0 bridgehead atoms. The Morgan fingerprint density at radius 3 is 2.72 bits per heavy atom. The third-order valence-corrected chi connectivity index (χ3v) is 3.16. The summed E-state index contributed by atoms with van der Waals surface area (Å²) in [4.78, 5) is 0. The third-order valence-electron chi connectivity index (χ3n) is 3.16. The van der Waals surface area contributed by atoms with Crippen molar-refractivity contribution in [3.63, 3.8) is 0 Å². The molecule has 1 aromatic carbocycles. The Morgan fingerprint density at radius 2 is 2.22 bits per heavy atom. The smallest absolute Gasteiger partial charge is 0.119 e. The minimum atomic E-state index is -0.628. The zero-order valence-corrected chi connectivity index (χ0v) is 11.3. The van der Waals surface area contributed by atoms with E-state index in [2.05, 4.69) is 6.07 Å². The molecule has 0 saturated carbocycles. The quantitative estimate of drug-likeness (QED) is 0.840. The summed E-state index contributed by atoms with van der Waals surface area (Å²) >= 11 is 0. The van der Waals surface area contributed by atoms with Crippen LogP contribution in [-0.4, -0.2) is 18.3 Å². The van der Waals surface area contributed by atoms with Gasteiger partial charge in [0.1, 0.15) is 5.75 Å². The zero-order valence-electron chi connectivity index (χ0n) is 11.3. The molecule has 0 unspecified atom stereocenters. The summed E-state index contributed by atoms with van der Waals surface area (Å²) in [5.74, 6) is 0.744. The van der Waals surface area contributed by atoms with Gasteiger partial charge in [-0.25, -0.2) is 0 Å². The number of nitrogens with zero attached hydrogens (tertiary/aromatic N) is 1. The molecule has 1 N–H and O–H groups in total. The van der Waals surface area contributed by atoms with E-state index >= 15 is 0 Å². The first-order valence-corrected chi connectivity index (χ1v) is 6.32. The van der Waals surface area contributed by atoms with Crippen molar-refractivity contribution < 1.29 is 9.84 Å². The number of aliphatic hydroxyl groups excluding tert-OH is 1.